The maximum Gasteiger partial charge on any atom is 0.417 e. The van der Waals surface area contributed by atoms with E-state index in [1.807, 2.05) is 9.80 Å². The van der Waals surface area contributed by atoms with Crippen molar-refractivity contribution in [2.75, 3.05) is 68.1 Å². The highest BCUT2D eigenvalue weighted by Crippen LogP contribution is 2.40. The highest BCUT2D eigenvalue weighted by atomic mass is 19.4. The molecule has 0 atom stereocenters. The molecule has 164 valence electrons. The molecule has 0 bridgehead atoms. The molecular formula is C19H20F3N7O2. The van der Waals surface area contributed by atoms with Crippen LogP contribution in [0.15, 0.2) is 12.1 Å². The Kier molecular flexibility index (Phi) is 5.79. The Hall–Kier alpha value is -3.17. The first-order valence-electron chi connectivity index (χ1n) is 9.69. The van der Waals surface area contributed by atoms with E-state index in [0.29, 0.717) is 58.4 Å². The molecule has 0 spiro atoms. The smallest absolute Gasteiger partial charge is 0.384 e. The molecular weight excluding hydrogens is 415 g/mol. The second-order valence-corrected chi connectivity index (χ2v) is 7.04. The van der Waals surface area contributed by atoms with Crippen molar-refractivity contribution in [2.24, 2.45) is 0 Å². The minimum atomic E-state index is -4.75. The van der Waals surface area contributed by atoms with E-state index in [0.717, 1.165) is 6.07 Å². The van der Waals surface area contributed by atoms with Gasteiger partial charge in [-0.3, -0.25) is 0 Å². The Labute approximate surface area is 176 Å². The summed E-state index contributed by atoms with van der Waals surface area (Å²) < 4.78 is 52.3. The van der Waals surface area contributed by atoms with E-state index in [9.17, 15) is 18.4 Å². The van der Waals surface area contributed by atoms with Crippen molar-refractivity contribution in [2.45, 2.75) is 6.18 Å². The zero-order chi connectivity index (χ0) is 22.0. The van der Waals surface area contributed by atoms with E-state index in [2.05, 4.69) is 15.0 Å². The minimum absolute atomic E-state index is 0.0330. The molecule has 2 saturated heterocycles. The molecule has 0 unspecified atom stereocenters. The summed E-state index contributed by atoms with van der Waals surface area (Å²) >= 11 is 0. The molecule has 4 rings (SSSR count). The van der Waals surface area contributed by atoms with Crippen LogP contribution in [0.1, 0.15) is 11.3 Å². The van der Waals surface area contributed by atoms with Crippen molar-refractivity contribution in [3.63, 3.8) is 0 Å². The lowest BCUT2D eigenvalue weighted by molar-refractivity contribution is -0.137. The number of nitriles is 1. The second-order valence-electron chi connectivity index (χ2n) is 7.04. The number of halogens is 3. The molecule has 2 aromatic heterocycles. The first-order valence-corrected chi connectivity index (χ1v) is 9.69. The van der Waals surface area contributed by atoms with Crippen LogP contribution in [0, 0.1) is 11.3 Å². The highest BCUT2D eigenvalue weighted by molar-refractivity contribution is 5.74. The van der Waals surface area contributed by atoms with Gasteiger partial charge in [0.1, 0.15) is 17.7 Å². The summed E-state index contributed by atoms with van der Waals surface area (Å²) in [5.41, 5.74) is 3.60. The Bertz CT molecular complexity index is 961. The molecule has 0 amide bonds. The van der Waals surface area contributed by atoms with Crippen molar-refractivity contribution >= 4 is 17.6 Å². The fourth-order valence-electron chi connectivity index (χ4n) is 3.54. The molecule has 9 nitrogen and oxygen atoms in total. The van der Waals surface area contributed by atoms with E-state index in [-0.39, 0.29) is 17.5 Å². The van der Waals surface area contributed by atoms with Gasteiger partial charge >= 0.3 is 6.18 Å². The largest absolute Gasteiger partial charge is 0.417 e. The molecule has 0 saturated carbocycles. The lowest BCUT2D eigenvalue weighted by Crippen LogP contribution is -2.39. The van der Waals surface area contributed by atoms with Crippen molar-refractivity contribution in [3.05, 3.63) is 23.4 Å². The number of hydrogen-bond donors (Lipinski definition) is 1. The predicted molar refractivity (Wildman–Crippen MR) is 105 cm³/mol. The fourth-order valence-corrected chi connectivity index (χ4v) is 3.54. The van der Waals surface area contributed by atoms with E-state index in [4.69, 9.17) is 15.2 Å². The fraction of sp³-hybridized carbons (Fsp3) is 0.474. The van der Waals surface area contributed by atoms with E-state index in [1.54, 1.807) is 6.07 Å². The summed E-state index contributed by atoms with van der Waals surface area (Å²) in [6.45, 7) is 3.96. The van der Waals surface area contributed by atoms with Gasteiger partial charge < -0.3 is 25.0 Å². The number of aromatic nitrogens is 3. The van der Waals surface area contributed by atoms with Gasteiger partial charge in [-0.25, -0.2) is 9.97 Å². The second kappa shape index (κ2) is 8.52. The third-order valence-corrected chi connectivity index (χ3v) is 5.04. The van der Waals surface area contributed by atoms with E-state index >= 15 is 0 Å². The number of alkyl halides is 3. The monoisotopic (exact) mass is 435 g/mol. The molecule has 2 aliphatic heterocycles. The van der Waals surface area contributed by atoms with Gasteiger partial charge in [-0.15, -0.1) is 0 Å². The summed E-state index contributed by atoms with van der Waals surface area (Å²) in [4.78, 5) is 16.6. The SMILES string of the molecule is N#Cc1nc(N)cc(C(F)(F)F)c1-c1cc(N2CCOCC2)nc(N2CCOCC2)n1. The van der Waals surface area contributed by atoms with Crippen LogP contribution in [0.4, 0.5) is 30.8 Å². The quantitative estimate of drug-likeness (QED) is 0.769. The first-order chi connectivity index (χ1) is 14.9. The van der Waals surface area contributed by atoms with Gasteiger partial charge in [0.15, 0.2) is 5.69 Å². The van der Waals surface area contributed by atoms with Gasteiger partial charge in [0.2, 0.25) is 5.95 Å². The van der Waals surface area contributed by atoms with Crippen LogP contribution in [-0.2, 0) is 15.7 Å². The summed E-state index contributed by atoms with van der Waals surface area (Å²) in [5.74, 6) is 0.350. The number of nitrogens with zero attached hydrogens (tertiary/aromatic N) is 6. The third kappa shape index (κ3) is 4.47. The van der Waals surface area contributed by atoms with Crippen LogP contribution >= 0.6 is 0 Å². The van der Waals surface area contributed by atoms with E-state index in [1.165, 1.54) is 6.07 Å². The number of rotatable bonds is 3. The lowest BCUT2D eigenvalue weighted by atomic mass is 10.0. The number of pyridine rings is 1. The number of anilines is 3. The first kappa shape index (κ1) is 21.1. The molecule has 31 heavy (non-hydrogen) atoms. The molecule has 0 aliphatic carbocycles. The summed E-state index contributed by atoms with van der Waals surface area (Å²) in [6.07, 6.45) is -4.75. The van der Waals surface area contributed by atoms with E-state index < -0.39 is 23.0 Å². The van der Waals surface area contributed by atoms with Gasteiger partial charge in [-0.05, 0) is 6.07 Å². The van der Waals surface area contributed by atoms with Gasteiger partial charge in [0.25, 0.3) is 0 Å². The molecule has 12 heteroatoms. The number of nitrogen functional groups attached to an aromatic ring is 1. The van der Waals surface area contributed by atoms with Crippen LogP contribution < -0.4 is 15.5 Å². The van der Waals surface area contributed by atoms with Gasteiger partial charge in [0.05, 0.1) is 37.7 Å². The normalized spacial score (nSPS) is 17.5. The molecule has 2 aromatic rings. The van der Waals surface area contributed by atoms with Crippen molar-refractivity contribution in [1.82, 2.24) is 15.0 Å². The number of morpholine rings is 2. The van der Waals surface area contributed by atoms with Crippen LogP contribution in [0.25, 0.3) is 11.3 Å². The van der Waals surface area contributed by atoms with Crippen LogP contribution in [0.5, 0.6) is 0 Å². The average molecular weight is 435 g/mol. The molecule has 0 radical (unpaired) electrons. The molecule has 2 N–H and O–H groups in total. The molecule has 2 fully saturated rings. The predicted octanol–water partition coefficient (Wildman–Crippen LogP) is 1.68. The third-order valence-electron chi connectivity index (χ3n) is 5.04. The number of ether oxygens (including phenoxy) is 2. The average Bonchev–Trinajstić information content (AvgIpc) is 2.78. The van der Waals surface area contributed by atoms with Gasteiger partial charge in [-0.2, -0.15) is 23.4 Å². The van der Waals surface area contributed by atoms with Crippen molar-refractivity contribution in [1.29, 1.82) is 5.26 Å². The Morgan fingerprint density at radius 2 is 1.55 bits per heavy atom. The zero-order valence-corrected chi connectivity index (χ0v) is 16.5. The Balaban J connectivity index is 1.91. The Morgan fingerprint density at radius 1 is 0.935 bits per heavy atom. The van der Waals surface area contributed by atoms with Crippen molar-refractivity contribution in [3.8, 4) is 17.3 Å². The van der Waals surface area contributed by atoms with Crippen LogP contribution in [0.2, 0.25) is 0 Å². The number of hydrogen-bond acceptors (Lipinski definition) is 9. The van der Waals surface area contributed by atoms with Crippen molar-refractivity contribution < 1.29 is 22.6 Å². The molecule has 2 aliphatic rings. The zero-order valence-electron chi connectivity index (χ0n) is 16.5. The summed E-state index contributed by atoms with van der Waals surface area (Å²) in [6, 6.07) is 3.91. The lowest BCUT2D eigenvalue weighted by Gasteiger charge is -2.31. The van der Waals surface area contributed by atoms with Gasteiger partial charge in [-0.1, -0.05) is 0 Å². The highest BCUT2D eigenvalue weighted by Gasteiger charge is 2.37. The minimum Gasteiger partial charge on any atom is -0.384 e. The Morgan fingerprint density at radius 3 is 2.13 bits per heavy atom. The standard InChI is InChI=1S/C19H20F3N7O2/c20-19(21,22)12-9-15(24)25-14(11-23)17(12)13-10-16(28-1-5-30-6-2-28)27-18(26-13)29-3-7-31-8-4-29/h9-10H,1-8H2,(H2,24,25). The van der Waals surface area contributed by atoms with Gasteiger partial charge in [0, 0.05) is 37.8 Å². The topological polar surface area (TPSA) is 113 Å². The maximum absolute atomic E-state index is 13.9. The number of nitrogens with two attached hydrogens (primary N) is 1. The molecule has 4 heterocycles. The summed E-state index contributed by atoms with van der Waals surface area (Å²) in [5, 5.41) is 9.50. The van der Waals surface area contributed by atoms with Crippen LogP contribution in [-0.4, -0.2) is 67.6 Å². The van der Waals surface area contributed by atoms with Crippen LogP contribution in [0.3, 0.4) is 0 Å². The maximum atomic E-state index is 13.9. The molecule has 0 aromatic carbocycles. The summed E-state index contributed by atoms with van der Waals surface area (Å²) in [7, 11) is 0.